The molecule has 0 spiro atoms. The molecular weight excluding hydrogens is 378 g/mol. The Bertz CT molecular complexity index is 844. The summed E-state index contributed by atoms with van der Waals surface area (Å²) in [6, 6.07) is 11.2. The van der Waals surface area contributed by atoms with E-state index in [1.807, 2.05) is 36.4 Å². The van der Waals surface area contributed by atoms with Crippen LogP contribution in [0.25, 0.3) is 0 Å². The van der Waals surface area contributed by atoms with Crippen LogP contribution in [0, 0.1) is 5.92 Å². The Kier molecular flexibility index (Phi) is 5.59. The Hall–Kier alpha value is -2.44. The third-order valence-electron chi connectivity index (χ3n) is 5.34. The van der Waals surface area contributed by atoms with Gasteiger partial charge in [0.05, 0.1) is 18.6 Å². The number of benzene rings is 1. The van der Waals surface area contributed by atoms with Crippen molar-refractivity contribution in [2.45, 2.75) is 19.1 Å². The highest BCUT2D eigenvalue weighted by atomic mass is 35.5. The molecule has 1 aromatic carbocycles. The van der Waals surface area contributed by atoms with Gasteiger partial charge in [0.1, 0.15) is 0 Å². The molecule has 0 aliphatic carbocycles. The minimum absolute atomic E-state index is 0.00848. The topological polar surface area (TPSA) is 62.7 Å². The quantitative estimate of drug-likeness (QED) is 0.793. The van der Waals surface area contributed by atoms with Crippen LogP contribution < -0.4 is 0 Å². The lowest BCUT2D eigenvalue weighted by Gasteiger charge is -2.36. The molecule has 2 aromatic rings. The van der Waals surface area contributed by atoms with E-state index >= 15 is 0 Å². The smallest absolute Gasteiger partial charge is 0.242 e. The molecule has 2 atom stereocenters. The first-order chi connectivity index (χ1) is 13.6. The Balaban J connectivity index is 1.39. The van der Waals surface area contributed by atoms with E-state index in [4.69, 9.17) is 16.3 Å². The number of nitrogens with zero attached hydrogens (tertiary/aromatic N) is 3. The van der Waals surface area contributed by atoms with Gasteiger partial charge in [0.15, 0.2) is 0 Å². The van der Waals surface area contributed by atoms with Crippen molar-refractivity contribution in [1.29, 1.82) is 0 Å². The summed E-state index contributed by atoms with van der Waals surface area (Å²) in [5.74, 6) is -0.308. The van der Waals surface area contributed by atoms with Crippen molar-refractivity contribution in [1.82, 2.24) is 14.8 Å². The maximum absolute atomic E-state index is 13.1. The van der Waals surface area contributed by atoms with Gasteiger partial charge < -0.3 is 14.5 Å². The molecule has 6 nitrogen and oxygen atoms in total. The first kappa shape index (κ1) is 18.9. The molecule has 3 heterocycles. The van der Waals surface area contributed by atoms with Gasteiger partial charge in [0.2, 0.25) is 11.8 Å². The predicted octanol–water partition coefficient (Wildman–Crippen LogP) is 2.68. The van der Waals surface area contributed by atoms with E-state index in [9.17, 15) is 9.59 Å². The van der Waals surface area contributed by atoms with Crippen molar-refractivity contribution in [2.24, 2.45) is 5.92 Å². The lowest BCUT2D eigenvalue weighted by Crippen LogP contribution is -2.53. The normalized spacial score (nSPS) is 22.5. The number of aromatic nitrogens is 1. The van der Waals surface area contributed by atoms with Gasteiger partial charge in [-0.1, -0.05) is 29.8 Å². The second-order valence-electron chi connectivity index (χ2n) is 7.17. The number of rotatable bonds is 4. The summed E-state index contributed by atoms with van der Waals surface area (Å²) in [5, 5.41) is 0.674. The van der Waals surface area contributed by atoms with E-state index in [2.05, 4.69) is 4.98 Å². The number of hydrogen-bond donors (Lipinski definition) is 0. The van der Waals surface area contributed by atoms with Crippen molar-refractivity contribution in [2.75, 3.05) is 26.2 Å². The molecule has 2 aliphatic heterocycles. The van der Waals surface area contributed by atoms with Gasteiger partial charge in [0, 0.05) is 43.7 Å². The van der Waals surface area contributed by atoms with Crippen LogP contribution in [0.4, 0.5) is 0 Å². The summed E-state index contributed by atoms with van der Waals surface area (Å²) in [6.07, 6.45) is 3.82. The van der Waals surface area contributed by atoms with E-state index in [-0.39, 0.29) is 30.4 Å². The van der Waals surface area contributed by atoms with Gasteiger partial charge in [-0.05, 0) is 35.7 Å². The minimum atomic E-state index is -0.289. The van der Waals surface area contributed by atoms with Gasteiger partial charge in [-0.3, -0.25) is 14.6 Å². The van der Waals surface area contributed by atoms with Crippen molar-refractivity contribution in [3.63, 3.8) is 0 Å². The minimum Gasteiger partial charge on any atom is -0.373 e. The molecule has 0 radical (unpaired) electrons. The molecule has 2 amide bonds. The first-order valence-corrected chi connectivity index (χ1v) is 9.82. The van der Waals surface area contributed by atoms with E-state index in [1.54, 1.807) is 22.2 Å². The van der Waals surface area contributed by atoms with Gasteiger partial charge in [-0.15, -0.1) is 0 Å². The second kappa shape index (κ2) is 8.29. The fourth-order valence-electron chi connectivity index (χ4n) is 3.82. The summed E-state index contributed by atoms with van der Waals surface area (Å²) in [6.45, 7) is 2.25. The molecule has 2 fully saturated rings. The number of carbonyl (C=O) groups is 2. The number of carbonyl (C=O) groups excluding carboxylic acids is 2. The maximum Gasteiger partial charge on any atom is 0.242 e. The Morgan fingerprint density at radius 1 is 1.21 bits per heavy atom. The number of amides is 2. The van der Waals surface area contributed by atoms with Gasteiger partial charge in [-0.25, -0.2) is 0 Å². The van der Waals surface area contributed by atoms with E-state index in [1.165, 1.54) is 0 Å². The third-order valence-corrected chi connectivity index (χ3v) is 5.59. The lowest BCUT2D eigenvalue weighted by molar-refractivity contribution is -0.149. The highest BCUT2D eigenvalue weighted by Gasteiger charge is 2.39. The number of piperazine rings is 1. The summed E-state index contributed by atoms with van der Waals surface area (Å²) in [5.41, 5.74) is 1.93. The number of ether oxygens (including phenoxy) is 1. The fraction of sp³-hybridized carbons (Fsp3) is 0.381. The van der Waals surface area contributed by atoms with Crippen LogP contribution in [0.2, 0.25) is 5.02 Å². The molecule has 0 unspecified atom stereocenters. The van der Waals surface area contributed by atoms with Crippen molar-refractivity contribution in [3.8, 4) is 0 Å². The first-order valence-electron chi connectivity index (χ1n) is 9.44. The molecule has 4 rings (SSSR count). The lowest BCUT2D eigenvalue weighted by atomic mass is 9.94. The molecule has 7 heteroatoms. The van der Waals surface area contributed by atoms with Crippen molar-refractivity contribution in [3.05, 3.63) is 64.9 Å². The van der Waals surface area contributed by atoms with Crippen LogP contribution in [-0.4, -0.2) is 52.8 Å². The zero-order valence-corrected chi connectivity index (χ0v) is 16.2. The van der Waals surface area contributed by atoms with Gasteiger partial charge >= 0.3 is 0 Å². The molecule has 28 heavy (non-hydrogen) atoms. The average Bonchev–Trinajstić information content (AvgIpc) is 3.21. The van der Waals surface area contributed by atoms with Crippen LogP contribution in [0.1, 0.15) is 23.7 Å². The Morgan fingerprint density at radius 3 is 2.75 bits per heavy atom. The molecule has 0 saturated carbocycles. The highest BCUT2D eigenvalue weighted by molar-refractivity contribution is 6.30. The second-order valence-corrected chi connectivity index (χ2v) is 7.61. The molecule has 0 N–H and O–H groups in total. The monoisotopic (exact) mass is 399 g/mol. The van der Waals surface area contributed by atoms with E-state index in [0.29, 0.717) is 37.7 Å². The van der Waals surface area contributed by atoms with E-state index in [0.717, 1.165) is 11.1 Å². The van der Waals surface area contributed by atoms with Crippen molar-refractivity contribution >= 4 is 23.4 Å². The summed E-state index contributed by atoms with van der Waals surface area (Å²) in [7, 11) is 0. The standard InChI is InChI=1S/C21H22ClN3O3/c22-17-5-3-15(4-6-17)13-24-9-10-25(14-19(24)26)21(27)18-7-11-28-20(18)16-2-1-8-23-12-16/h1-6,8,12,18,20H,7,9-11,13-14H2/t18-,20+/m0/s1. The molecule has 146 valence electrons. The predicted molar refractivity (Wildman–Crippen MR) is 104 cm³/mol. The van der Waals surface area contributed by atoms with Crippen LogP contribution in [-0.2, 0) is 20.9 Å². The molecule has 0 bridgehead atoms. The molecule has 2 aliphatic rings. The van der Waals surface area contributed by atoms with Crippen LogP contribution >= 0.6 is 11.6 Å². The third kappa shape index (κ3) is 4.03. The zero-order valence-electron chi connectivity index (χ0n) is 15.5. The van der Waals surface area contributed by atoms with Crippen LogP contribution in [0.3, 0.4) is 0 Å². The average molecular weight is 400 g/mol. The van der Waals surface area contributed by atoms with E-state index < -0.39 is 0 Å². The van der Waals surface area contributed by atoms with Crippen molar-refractivity contribution < 1.29 is 14.3 Å². The Morgan fingerprint density at radius 2 is 2.04 bits per heavy atom. The highest BCUT2D eigenvalue weighted by Crippen LogP contribution is 2.35. The van der Waals surface area contributed by atoms with Crippen LogP contribution in [0.5, 0.6) is 0 Å². The van der Waals surface area contributed by atoms with Gasteiger partial charge in [-0.2, -0.15) is 0 Å². The molecule has 1 aromatic heterocycles. The molecule has 2 saturated heterocycles. The number of pyridine rings is 1. The fourth-order valence-corrected chi connectivity index (χ4v) is 3.95. The van der Waals surface area contributed by atoms with Gasteiger partial charge in [0.25, 0.3) is 0 Å². The number of halogens is 1. The largest absolute Gasteiger partial charge is 0.373 e. The summed E-state index contributed by atoms with van der Waals surface area (Å²) < 4.78 is 5.81. The summed E-state index contributed by atoms with van der Waals surface area (Å²) >= 11 is 5.92. The summed E-state index contributed by atoms with van der Waals surface area (Å²) in [4.78, 5) is 33.3. The Labute approximate surface area is 169 Å². The molecular formula is C21H22ClN3O3. The zero-order chi connectivity index (χ0) is 19.5. The maximum atomic E-state index is 13.1. The SMILES string of the molecule is O=C1CN(C(=O)[C@H]2CCO[C@@H]2c2cccnc2)CCN1Cc1ccc(Cl)cc1. The van der Waals surface area contributed by atoms with Crippen LogP contribution in [0.15, 0.2) is 48.8 Å². The number of hydrogen-bond acceptors (Lipinski definition) is 4.